The van der Waals surface area contributed by atoms with Gasteiger partial charge in [0, 0.05) is 6.04 Å². The second-order valence-corrected chi connectivity index (χ2v) is 3.41. The summed E-state index contributed by atoms with van der Waals surface area (Å²) < 4.78 is 17.0. The summed E-state index contributed by atoms with van der Waals surface area (Å²) in [6, 6.07) is 6.54. The van der Waals surface area contributed by atoms with Gasteiger partial charge in [0.15, 0.2) is 0 Å². The lowest BCUT2D eigenvalue weighted by atomic mass is 10.0. The highest BCUT2D eigenvalue weighted by molar-refractivity contribution is 5.30. The minimum absolute atomic E-state index is 0.0255. The van der Waals surface area contributed by atoms with Crippen LogP contribution in [0.3, 0.4) is 0 Å². The van der Waals surface area contributed by atoms with E-state index in [-0.39, 0.29) is 12.6 Å². The molecule has 0 radical (unpaired) electrons. The molecule has 84 valence electrons. The monoisotopic (exact) mass is 213 g/mol. The van der Waals surface area contributed by atoms with E-state index in [1.54, 1.807) is 31.2 Å². The van der Waals surface area contributed by atoms with Crippen LogP contribution in [-0.2, 0) is 0 Å². The Morgan fingerprint density at radius 1 is 1.53 bits per heavy atom. The number of nitrogens with two attached hydrogens (primary N) is 1. The maximum absolute atomic E-state index is 11.9. The summed E-state index contributed by atoms with van der Waals surface area (Å²) in [4.78, 5) is 0. The van der Waals surface area contributed by atoms with E-state index in [9.17, 15) is 9.50 Å². The third kappa shape index (κ3) is 3.49. The number of hydrogen-bond donors (Lipinski definition) is 2. The fourth-order valence-corrected chi connectivity index (χ4v) is 1.25. The largest absolute Gasteiger partial charge is 0.491 e. The van der Waals surface area contributed by atoms with Crippen molar-refractivity contribution in [3.63, 3.8) is 0 Å². The van der Waals surface area contributed by atoms with Crippen LogP contribution in [0.5, 0.6) is 5.75 Å². The maximum atomic E-state index is 11.9. The summed E-state index contributed by atoms with van der Waals surface area (Å²) in [5.74, 6) is 0.546. The van der Waals surface area contributed by atoms with E-state index in [0.717, 1.165) is 0 Å². The Hall–Kier alpha value is -1.13. The Balaban J connectivity index is 2.73. The summed E-state index contributed by atoms with van der Waals surface area (Å²) in [6.45, 7) is 1.22. The number of aliphatic hydroxyl groups excluding tert-OH is 1. The lowest BCUT2D eigenvalue weighted by Crippen LogP contribution is -2.24. The average Bonchev–Trinajstić information content (AvgIpc) is 2.25. The van der Waals surface area contributed by atoms with Crippen molar-refractivity contribution in [1.29, 1.82) is 0 Å². The summed E-state index contributed by atoms with van der Waals surface area (Å²) in [5, 5.41) is 9.69. The normalized spacial score (nSPS) is 14.7. The summed E-state index contributed by atoms with van der Waals surface area (Å²) in [7, 11) is 0. The van der Waals surface area contributed by atoms with Crippen LogP contribution in [0.4, 0.5) is 4.39 Å². The lowest BCUT2D eigenvalue weighted by Gasteiger charge is -2.15. The fraction of sp³-hybridized carbons (Fsp3) is 0.455. The molecule has 3 N–H and O–H groups in total. The Bertz CT molecular complexity index is 304. The molecule has 0 saturated carbocycles. The highest BCUT2D eigenvalue weighted by atomic mass is 19.1. The quantitative estimate of drug-likeness (QED) is 0.777. The first-order valence-corrected chi connectivity index (χ1v) is 4.87. The average molecular weight is 213 g/mol. The molecular formula is C11H16FNO2. The van der Waals surface area contributed by atoms with Gasteiger partial charge in [-0.25, -0.2) is 4.39 Å². The molecule has 0 spiro atoms. The van der Waals surface area contributed by atoms with Crippen LogP contribution in [0.15, 0.2) is 24.3 Å². The van der Waals surface area contributed by atoms with E-state index in [2.05, 4.69) is 0 Å². The number of hydrogen-bond acceptors (Lipinski definition) is 3. The van der Waals surface area contributed by atoms with Crippen LogP contribution >= 0.6 is 0 Å². The van der Waals surface area contributed by atoms with Crippen LogP contribution in [0.2, 0.25) is 0 Å². The van der Waals surface area contributed by atoms with Gasteiger partial charge in [0.25, 0.3) is 0 Å². The van der Waals surface area contributed by atoms with Gasteiger partial charge in [-0.3, -0.25) is 0 Å². The van der Waals surface area contributed by atoms with E-state index in [0.29, 0.717) is 11.3 Å². The molecule has 0 fully saturated rings. The maximum Gasteiger partial charge on any atom is 0.123 e. The van der Waals surface area contributed by atoms with E-state index < -0.39 is 12.8 Å². The number of rotatable bonds is 5. The number of benzene rings is 1. The van der Waals surface area contributed by atoms with E-state index >= 15 is 0 Å². The highest BCUT2D eigenvalue weighted by Crippen LogP contribution is 2.20. The van der Waals surface area contributed by atoms with Crippen molar-refractivity contribution in [2.75, 3.05) is 13.3 Å². The fourth-order valence-electron chi connectivity index (χ4n) is 1.25. The van der Waals surface area contributed by atoms with Gasteiger partial charge in [-0.2, -0.15) is 0 Å². The molecule has 0 saturated heterocycles. The topological polar surface area (TPSA) is 55.5 Å². The zero-order chi connectivity index (χ0) is 11.3. The molecule has 4 heteroatoms. The SMILES string of the molecule is CC(N)C(O)c1cccc(OCCF)c1. The lowest BCUT2D eigenvalue weighted by molar-refractivity contribution is 0.153. The van der Waals surface area contributed by atoms with Crippen LogP contribution in [0.25, 0.3) is 0 Å². The molecule has 0 aliphatic carbocycles. The van der Waals surface area contributed by atoms with Crippen molar-refractivity contribution < 1.29 is 14.2 Å². The molecule has 0 heterocycles. The smallest absolute Gasteiger partial charge is 0.123 e. The highest BCUT2D eigenvalue weighted by Gasteiger charge is 2.12. The Morgan fingerprint density at radius 3 is 2.87 bits per heavy atom. The first-order chi connectivity index (χ1) is 7.15. The van der Waals surface area contributed by atoms with Gasteiger partial charge >= 0.3 is 0 Å². The van der Waals surface area contributed by atoms with Gasteiger partial charge < -0.3 is 15.6 Å². The predicted octanol–water partition coefficient (Wildman–Crippen LogP) is 1.42. The Morgan fingerprint density at radius 2 is 2.27 bits per heavy atom. The Labute approximate surface area is 88.7 Å². The zero-order valence-corrected chi connectivity index (χ0v) is 8.69. The minimum Gasteiger partial charge on any atom is -0.491 e. The number of aliphatic hydroxyl groups is 1. The zero-order valence-electron chi connectivity index (χ0n) is 8.69. The molecule has 2 unspecified atom stereocenters. The molecule has 3 nitrogen and oxygen atoms in total. The number of halogens is 1. The second-order valence-electron chi connectivity index (χ2n) is 3.41. The van der Waals surface area contributed by atoms with Crippen molar-refractivity contribution >= 4 is 0 Å². The standard InChI is InChI=1S/C11H16FNO2/c1-8(13)11(14)9-3-2-4-10(7-9)15-6-5-12/h2-4,7-8,11,14H,5-6,13H2,1H3. The van der Waals surface area contributed by atoms with Gasteiger partial charge in [-0.05, 0) is 24.6 Å². The molecular weight excluding hydrogens is 197 g/mol. The molecule has 0 aliphatic rings. The summed E-state index contributed by atoms with van der Waals surface area (Å²) in [5.41, 5.74) is 6.25. The molecule has 0 aromatic heterocycles. The van der Waals surface area contributed by atoms with Crippen LogP contribution in [0, 0.1) is 0 Å². The minimum atomic E-state index is -0.723. The third-order valence-corrected chi connectivity index (χ3v) is 2.04. The van der Waals surface area contributed by atoms with Gasteiger partial charge in [0.2, 0.25) is 0 Å². The van der Waals surface area contributed by atoms with Gasteiger partial charge in [0.1, 0.15) is 19.0 Å². The van der Waals surface area contributed by atoms with Crippen molar-refractivity contribution in [3.05, 3.63) is 29.8 Å². The first kappa shape index (κ1) is 11.9. The molecule has 0 amide bonds. The van der Waals surface area contributed by atoms with Crippen LogP contribution < -0.4 is 10.5 Å². The van der Waals surface area contributed by atoms with Crippen molar-refractivity contribution in [2.24, 2.45) is 5.73 Å². The molecule has 15 heavy (non-hydrogen) atoms. The van der Waals surface area contributed by atoms with Gasteiger partial charge in [-0.15, -0.1) is 0 Å². The molecule has 0 bridgehead atoms. The third-order valence-electron chi connectivity index (χ3n) is 2.04. The first-order valence-electron chi connectivity index (χ1n) is 4.87. The molecule has 2 atom stereocenters. The van der Waals surface area contributed by atoms with Crippen LogP contribution in [-0.4, -0.2) is 24.4 Å². The second kappa shape index (κ2) is 5.68. The van der Waals surface area contributed by atoms with E-state index in [1.165, 1.54) is 0 Å². The summed E-state index contributed by atoms with van der Waals surface area (Å²) >= 11 is 0. The van der Waals surface area contributed by atoms with Crippen molar-refractivity contribution in [1.82, 2.24) is 0 Å². The van der Waals surface area contributed by atoms with E-state index in [1.807, 2.05) is 0 Å². The number of alkyl halides is 1. The molecule has 1 aromatic carbocycles. The van der Waals surface area contributed by atoms with Gasteiger partial charge in [-0.1, -0.05) is 12.1 Å². The van der Waals surface area contributed by atoms with Crippen LogP contribution in [0.1, 0.15) is 18.6 Å². The number of ether oxygens (including phenoxy) is 1. The van der Waals surface area contributed by atoms with E-state index in [4.69, 9.17) is 10.5 Å². The van der Waals surface area contributed by atoms with Crippen molar-refractivity contribution in [3.8, 4) is 5.75 Å². The molecule has 1 aromatic rings. The van der Waals surface area contributed by atoms with Crippen molar-refractivity contribution in [2.45, 2.75) is 19.1 Å². The molecule has 0 aliphatic heterocycles. The van der Waals surface area contributed by atoms with Gasteiger partial charge in [0.05, 0.1) is 6.10 Å². The molecule has 1 rings (SSSR count). The Kier molecular flexibility index (Phi) is 4.52. The predicted molar refractivity (Wildman–Crippen MR) is 56.5 cm³/mol. The summed E-state index contributed by atoms with van der Waals surface area (Å²) in [6.07, 6.45) is -0.723.